The molecule has 0 aliphatic carbocycles. The molecule has 2 aromatic carbocycles. The number of carbonyl (C=O) groups is 1. The number of carboxylic acid groups (broad SMARTS) is 1. The molecule has 24 heavy (non-hydrogen) atoms. The largest absolute Gasteiger partial charge is 0.480 e. The molecule has 1 N–H and O–H groups in total. The number of likely N-dealkylation sites (tertiary alicyclic amines) is 1. The first-order valence-corrected chi connectivity index (χ1v) is 9.08. The van der Waals surface area contributed by atoms with Crippen LogP contribution in [0, 0.1) is 13.8 Å². The van der Waals surface area contributed by atoms with Gasteiger partial charge in [0.05, 0.1) is 6.04 Å². The monoisotopic (exact) mass is 387 g/mol. The molecule has 1 heterocycles. The van der Waals surface area contributed by atoms with Gasteiger partial charge in [0.1, 0.15) is 6.04 Å². The van der Waals surface area contributed by atoms with Gasteiger partial charge in [-0.3, -0.25) is 9.69 Å². The number of aryl methyl sites for hydroxylation is 2. The van der Waals surface area contributed by atoms with E-state index in [1.54, 1.807) is 0 Å². The molecule has 2 unspecified atom stereocenters. The summed E-state index contributed by atoms with van der Waals surface area (Å²) in [7, 11) is 0. The van der Waals surface area contributed by atoms with Crippen molar-refractivity contribution < 1.29 is 9.90 Å². The summed E-state index contributed by atoms with van der Waals surface area (Å²) in [5.74, 6) is -0.727. The van der Waals surface area contributed by atoms with Gasteiger partial charge in [-0.1, -0.05) is 57.9 Å². The molecule has 2 atom stereocenters. The summed E-state index contributed by atoms with van der Waals surface area (Å²) in [5.41, 5.74) is 4.73. The maximum Gasteiger partial charge on any atom is 0.320 e. The topological polar surface area (TPSA) is 40.5 Å². The Hall–Kier alpha value is -1.65. The van der Waals surface area contributed by atoms with E-state index in [0.29, 0.717) is 6.42 Å². The third-order valence-corrected chi connectivity index (χ3v) is 5.55. The van der Waals surface area contributed by atoms with Crippen LogP contribution in [0.1, 0.15) is 41.1 Å². The first kappa shape index (κ1) is 17.2. The van der Waals surface area contributed by atoms with E-state index < -0.39 is 12.0 Å². The van der Waals surface area contributed by atoms with Crippen LogP contribution in [-0.2, 0) is 4.79 Å². The van der Waals surface area contributed by atoms with Gasteiger partial charge in [-0.25, -0.2) is 0 Å². The van der Waals surface area contributed by atoms with Gasteiger partial charge in [0.15, 0.2) is 0 Å². The molecule has 1 fully saturated rings. The smallest absolute Gasteiger partial charge is 0.320 e. The Balaban J connectivity index is 2.14. The number of benzene rings is 2. The lowest BCUT2D eigenvalue weighted by molar-refractivity contribution is -0.142. The summed E-state index contributed by atoms with van der Waals surface area (Å²) < 4.78 is 1.02. The molecule has 126 valence electrons. The van der Waals surface area contributed by atoms with Crippen molar-refractivity contribution in [2.24, 2.45) is 0 Å². The minimum Gasteiger partial charge on any atom is -0.480 e. The van der Waals surface area contributed by atoms with Gasteiger partial charge in [-0.2, -0.15) is 0 Å². The highest BCUT2D eigenvalue weighted by molar-refractivity contribution is 9.10. The molecule has 3 rings (SSSR count). The Morgan fingerprint density at radius 1 is 1.21 bits per heavy atom. The van der Waals surface area contributed by atoms with E-state index >= 15 is 0 Å². The third kappa shape index (κ3) is 3.26. The van der Waals surface area contributed by atoms with Gasteiger partial charge in [-0.05, 0) is 49.4 Å². The van der Waals surface area contributed by atoms with E-state index in [9.17, 15) is 9.90 Å². The number of halogens is 1. The van der Waals surface area contributed by atoms with Crippen molar-refractivity contribution in [3.8, 4) is 0 Å². The highest BCUT2D eigenvalue weighted by Crippen LogP contribution is 2.39. The maximum atomic E-state index is 11.7. The van der Waals surface area contributed by atoms with Crippen LogP contribution in [-0.4, -0.2) is 28.6 Å². The first-order valence-electron chi connectivity index (χ1n) is 8.29. The minimum atomic E-state index is -0.727. The molecular formula is C20H22BrNO2. The van der Waals surface area contributed by atoms with Crippen LogP contribution in [0.15, 0.2) is 46.9 Å². The van der Waals surface area contributed by atoms with Gasteiger partial charge < -0.3 is 5.11 Å². The molecule has 1 saturated heterocycles. The molecule has 4 heteroatoms. The number of hydrogen-bond acceptors (Lipinski definition) is 2. The summed E-state index contributed by atoms with van der Waals surface area (Å²) in [4.78, 5) is 13.9. The Kier molecular flexibility index (Phi) is 5.07. The van der Waals surface area contributed by atoms with Crippen LogP contribution in [0.2, 0.25) is 0 Å². The zero-order valence-corrected chi connectivity index (χ0v) is 15.6. The van der Waals surface area contributed by atoms with Crippen molar-refractivity contribution >= 4 is 21.9 Å². The zero-order chi connectivity index (χ0) is 17.3. The van der Waals surface area contributed by atoms with E-state index in [1.807, 2.05) is 18.2 Å². The Morgan fingerprint density at radius 2 is 1.96 bits per heavy atom. The van der Waals surface area contributed by atoms with E-state index in [-0.39, 0.29) is 6.04 Å². The van der Waals surface area contributed by atoms with Crippen molar-refractivity contribution in [3.05, 3.63) is 69.2 Å². The quantitative estimate of drug-likeness (QED) is 0.825. The number of hydrogen-bond donors (Lipinski definition) is 1. The summed E-state index contributed by atoms with van der Waals surface area (Å²) in [6, 6.07) is 14.1. The molecule has 0 spiro atoms. The number of nitrogens with zero attached hydrogens (tertiary/aromatic N) is 1. The summed E-state index contributed by atoms with van der Waals surface area (Å²) >= 11 is 3.66. The van der Waals surface area contributed by atoms with E-state index in [0.717, 1.165) is 23.0 Å². The van der Waals surface area contributed by atoms with Gasteiger partial charge in [0, 0.05) is 11.0 Å². The summed E-state index contributed by atoms with van der Waals surface area (Å²) in [6.07, 6.45) is 1.63. The van der Waals surface area contributed by atoms with Gasteiger partial charge in [0.2, 0.25) is 0 Å². The molecular weight excluding hydrogens is 366 g/mol. The van der Waals surface area contributed by atoms with Crippen LogP contribution in [0.5, 0.6) is 0 Å². The predicted molar refractivity (Wildman–Crippen MR) is 99.3 cm³/mol. The lowest BCUT2D eigenvalue weighted by Gasteiger charge is -2.33. The molecule has 0 radical (unpaired) electrons. The Bertz CT molecular complexity index is 759. The van der Waals surface area contributed by atoms with Gasteiger partial charge in [-0.15, -0.1) is 0 Å². The second-order valence-corrected chi connectivity index (χ2v) is 7.37. The van der Waals surface area contributed by atoms with Crippen LogP contribution in [0.4, 0.5) is 0 Å². The van der Waals surface area contributed by atoms with Crippen molar-refractivity contribution in [3.63, 3.8) is 0 Å². The number of rotatable bonds is 4. The van der Waals surface area contributed by atoms with Crippen LogP contribution in [0.25, 0.3) is 0 Å². The lowest BCUT2D eigenvalue weighted by Crippen LogP contribution is -2.39. The van der Waals surface area contributed by atoms with Crippen molar-refractivity contribution in [1.29, 1.82) is 0 Å². The SMILES string of the molecule is Cc1ccc(C(c2ccccc2Br)N2CCCC2C(=O)O)c(C)c1. The fourth-order valence-corrected chi connectivity index (χ4v) is 4.22. The number of carboxylic acids is 1. The zero-order valence-electron chi connectivity index (χ0n) is 14.0. The van der Waals surface area contributed by atoms with Crippen LogP contribution in [0.3, 0.4) is 0 Å². The Labute approximate surface area is 151 Å². The highest BCUT2D eigenvalue weighted by Gasteiger charge is 2.37. The first-order chi connectivity index (χ1) is 11.5. The van der Waals surface area contributed by atoms with Crippen molar-refractivity contribution in [2.75, 3.05) is 6.54 Å². The molecule has 2 aromatic rings. The molecule has 0 amide bonds. The standard InChI is InChI=1S/C20H22BrNO2/c1-13-9-10-15(14(2)12-13)19(16-6-3-4-7-17(16)21)22-11-5-8-18(22)20(23)24/h3-4,6-7,9-10,12,18-19H,5,8,11H2,1-2H3,(H,23,24). The fourth-order valence-electron chi connectivity index (χ4n) is 3.72. The number of aliphatic carboxylic acids is 1. The fraction of sp³-hybridized carbons (Fsp3) is 0.350. The lowest BCUT2D eigenvalue weighted by atomic mass is 9.92. The third-order valence-electron chi connectivity index (χ3n) is 4.83. The minimum absolute atomic E-state index is 0.0511. The van der Waals surface area contributed by atoms with Crippen LogP contribution >= 0.6 is 15.9 Å². The average Bonchev–Trinajstić information content (AvgIpc) is 3.01. The summed E-state index contributed by atoms with van der Waals surface area (Å²) in [5, 5.41) is 9.66. The van der Waals surface area contributed by atoms with Gasteiger partial charge in [0.25, 0.3) is 0 Å². The second-order valence-electron chi connectivity index (χ2n) is 6.52. The van der Waals surface area contributed by atoms with E-state index in [1.165, 1.54) is 16.7 Å². The highest BCUT2D eigenvalue weighted by atomic mass is 79.9. The van der Waals surface area contributed by atoms with E-state index in [2.05, 4.69) is 58.9 Å². The van der Waals surface area contributed by atoms with Gasteiger partial charge >= 0.3 is 5.97 Å². The second kappa shape index (κ2) is 7.08. The van der Waals surface area contributed by atoms with Crippen LogP contribution < -0.4 is 0 Å². The predicted octanol–water partition coefficient (Wildman–Crippen LogP) is 4.70. The van der Waals surface area contributed by atoms with E-state index in [4.69, 9.17) is 0 Å². The average molecular weight is 388 g/mol. The molecule has 3 nitrogen and oxygen atoms in total. The summed E-state index contributed by atoms with van der Waals surface area (Å²) in [6.45, 7) is 4.99. The molecule has 0 aromatic heterocycles. The van der Waals surface area contributed by atoms with Crippen molar-refractivity contribution in [1.82, 2.24) is 4.90 Å². The molecule has 0 bridgehead atoms. The Morgan fingerprint density at radius 3 is 2.62 bits per heavy atom. The molecule has 1 aliphatic rings. The molecule has 0 saturated carbocycles. The molecule has 1 aliphatic heterocycles. The maximum absolute atomic E-state index is 11.7. The van der Waals surface area contributed by atoms with Crippen molar-refractivity contribution in [2.45, 2.75) is 38.8 Å². The normalized spacial score (nSPS) is 19.4.